The van der Waals surface area contributed by atoms with Gasteiger partial charge in [-0.05, 0) is 70.2 Å². The maximum atomic E-state index is 13.3. The Morgan fingerprint density at radius 3 is 1.86 bits per heavy atom. The number of aryl methyl sites for hydroxylation is 1. The molecule has 1 aliphatic rings. The lowest BCUT2D eigenvalue weighted by molar-refractivity contribution is -0.143. The summed E-state index contributed by atoms with van der Waals surface area (Å²) in [4.78, 5) is 23.8. The molecule has 1 saturated carbocycles. The monoisotopic (exact) mass is 531 g/mol. The van der Waals surface area contributed by atoms with Crippen LogP contribution in [0.4, 0.5) is 38.1 Å². The molecule has 1 amide bonds. The number of rotatable bonds is 6. The number of nitrogens with one attached hydrogen (secondary N) is 2. The summed E-state index contributed by atoms with van der Waals surface area (Å²) in [6, 6.07) is 1.09. The van der Waals surface area contributed by atoms with Crippen LogP contribution in [0.25, 0.3) is 0 Å². The van der Waals surface area contributed by atoms with E-state index in [2.05, 4.69) is 20.6 Å². The van der Waals surface area contributed by atoms with Gasteiger partial charge in [-0.25, -0.2) is 4.98 Å². The highest BCUT2D eigenvalue weighted by atomic mass is 19.4. The molecule has 0 saturated heterocycles. The zero-order chi connectivity index (χ0) is 27.8. The molecule has 37 heavy (non-hydrogen) atoms. The Balaban J connectivity index is 1.67. The summed E-state index contributed by atoms with van der Waals surface area (Å²) in [5, 5.41) is 6.12. The van der Waals surface area contributed by atoms with Crippen molar-refractivity contribution in [1.82, 2.24) is 15.3 Å². The highest BCUT2D eigenvalue weighted by Gasteiger charge is 2.40. The highest BCUT2D eigenvalue weighted by Crippen LogP contribution is 2.39. The fraction of sp³-hybridized carbons (Fsp3) is 0.560. The lowest BCUT2D eigenvalue weighted by atomic mass is 9.81. The van der Waals surface area contributed by atoms with Crippen molar-refractivity contribution in [1.29, 1.82) is 0 Å². The number of benzene rings is 1. The molecular weight excluding hydrogens is 500 g/mol. The molecule has 2 N–H and O–H groups in total. The van der Waals surface area contributed by atoms with Gasteiger partial charge in [-0.1, -0.05) is 0 Å². The van der Waals surface area contributed by atoms with Gasteiger partial charge in [0.25, 0.3) is 0 Å². The summed E-state index contributed by atoms with van der Waals surface area (Å²) in [5.74, 6) is 0.658. The molecule has 1 aromatic carbocycles. The maximum absolute atomic E-state index is 13.3. The molecule has 1 fully saturated rings. The molecule has 1 aliphatic carbocycles. The normalized spacial score (nSPS) is 18.9. The van der Waals surface area contributed by atoms with Gasteiger partial charge in [0.15, 0.2) is 0 Å². The van der Waals surface area contributed by atoms with Gasteiger partial charge in [0.1, 0.15) is 5.82 Å². The summed E-state index contributed by atoms with van der Waals surface area (Å²) in [6.45, 7) is 4.56. The molecule has 0 unspecified atom stereocenters. The van der Waals surface area contributed by atoms with Gasteiger partial charge >= 0.3 is 12.4 Å². The largest absolute Gasteiger partial charge is 0.416 e. The van der Waals surface area contributed by atoms with Crippen LogP contribution < -0.4 is 15.5 Å². The number of hydrogen-bond acceptors (Lipinski definition) is 5. The summed E-state index contributed by atoms with van der Waals surface area (Å²) in [6.07, 6.45) is -5.70. The standard InChI is InChI=1S/C25H31F6N5O/c1-14-13-32-22(35-20(14)36(4)5)34-19-8-6-18(7-9-19)33-21(37)23(2,3)15-10-16(24(26,27)28)12-17(11-15)25(29,30)31/h10-13,18-19H,6-9H2,1-5H3,(H,33,37)(H,32,34,35). The summed E-state index contributed by atoms with van der Waals surface area (Å²) >= 11 is 0. The number of aromatic nitrogens is 2. The molecule has 0 spiro atoms. The molecule has 12 heteroatoms. The van der Waals surface area contributed by atoms with Crippen LogP contribution in [0.1, 0.15) is 61.8 Å². The highest BCUT2D eigenvalue weighted by molar-refractivity contribution is 5.87. The van der Waals surface area contributed by atoms with E-state index in [4.69, 9.17) is 0 Å². The van der Waals surface area contributed by atoms with Gasteiger partial charge < -0.3 is 15.5 Å². The van der Waals surface area contributed by atoms with Crippen molar-refractivity contribution in [2.45, 2.75) is 76.3 Å². The molecule has 0 bridgehead atoms. The lowest BCUT2D eigenvalue weighted by Gasteiger charge is -2.33. The molecule has 0 atom stereocenters. The smallest absolute Gasteiger partial charge is 0.362 e. The van der Waals surface area contributed by atoms with Crippen molar-refractivity contribution >= 4 is 17.7 Å². The number of alkyl halides is 6. The number of anilines is 2. The minimum Gasteiger partial charge on any atom is -0.362 e. The first-order valence-corrected chi connectivity index (χ1v) is 11.9. The van der Waals surface area contributed by atoms with Crippen LogP contribution in [-0.4, -0.2) is 42.1 Å². The Labute approximate surface area is 211 Å². The molecule has 1 heterocycles. The van der Waals surface area contributed by atoms with Crippen molar-refractivity contribution in [2.24, 2.45) is 0 Å². The fourth-order valence-electron chi connectivity index (χ4n) is 4.33. The SMILES string of the molecule is Cc1cnc(NC2CCC(NC(=O)C(C)(C)c3cc(C(F)(F)F)cc(C(F)(F)F)c3)CC2)nc1N(C)C. The van der Waals surface area contributed by atoms with E-state index in [0.717, 1.165) is 11.4 Å². The van der Waals surface area contributed by atoms with Crippen LogP contribution in [0.5, 0.6) is 0 Å². The van der Waals surface area contributed by atoms with E-state index in [-0.39, 0.29) is 23.7 Å². The molecule has 0 aliphatic heterocycles. The minimum atomic E-state index is -4.98. The first-order valence-electron chi connectivity index (χ1n) is 11.9. The van der Waals surface area contributed by atoms with E-state index in [9.17, 15) is 31.1 Å². The van der Waals surface area contributed by atoms with Gasteiger partial charge in [-0.3, -0.25) is 4.79 Å². The Morgan fingerprint density at radius 2 is 1.38 bits per heavy atom. The Hall–Kier alpha value is -3.05. The number of amides is 1. The van der Waals surface area contributed by atoms with Gasteiger partial charge in [-0.15, -0.1) is 0 Å². The number of carbonyl (C=O) groups is 1. The number of carbonyl (C=O) groups excluding carboxylic acids is 1. The second-order valence-electron chi connectivity index (χ2n) is 10.2. The topological polar surface area (TPSA) is 70.1 Å². The number of nitrogens with zero attached hydrogens (tertiary/aromatic N) is 3. The molecule has 0 radical (unpaired) electrons. The van der Waals surface area contributed by atoms with E-state index in [0.29, 0.717) is 43.8 Å². The average Bonchev–Trinajstić information content (AvgIpc) is 2.80. The second-order valence-corrected chi connectivity index (χ2v) is 10.2. The average molecular weight is 532 g/mol. The summed E-state index contributed by atoms with van der Waals surface area (Å²) < 4.78 is 79.7. The van der Waals surface area contributed by atoms with Gasteiger partial charge in [0, 0.05) is 37.9 Å². The molecule has 6 nitrogen and oxygen atoms in total. The molecule has 2 aromatic rings. The van der Waals surface area contributed by atoms with Crippen molar-refractivity contribution in [3.8, 4) is 0 Å². The Kier molecular flexibility index (Phi) is 7.99. The fourth-order valence-corrected chi connectivity index (χ4v) is 4.33. The van der Waals surface area contributed by atoms with Crippen LogP contribution in [0, 0.1) is 6.92 Å². The Bertz CT molecular complexity index is 1090. The van der Waals surface area contributed by atoms with Crippen molar-refractivity contribution in [2.75, 3.05) is 24.3 Å². The van der Waals surface area contributed by atoms with E-state index < -0.39 is 34.8 Å². The third-order valence-corrected chi connectivity index (χ3v) is 6.64. The van der Waals surface area contributed by atoms with E-state index in [1.807, 2.05) is 25.9 Å². The van der Waals surface area contributed by atoms with E-state index in [1.165, 1.54) is 13.8 Å². The molecule has 204 valence electrons. The van der Waals surface area contributed by atoms with Gasteiger partial charge in [0.05, 0.1) is 16.5 Å². The van der Waals surface area contributed by atoms with Crippen LogP contribution in [0.3, 0.4) is 0 Å². The minimum absolute atomic E-state index is 0.0605. The first-order chi connectivity index (χ1) is 17.0. The van der Waals surface area contributed by atoms with Gasteiger partial charge in [-0.2, -0.15) is 31.3 Å². The Morgan fingerprint density at radius 1 is 0.892 bits per heavy atom. The maximum Gasteiger partial charge on any atom is 0.416 e. The van der Waals surface area contributed by atoms with Crippen molar-refractivity contribution < 1.29 is 31.1 Å². The van der Waals surface area contributed by atoms with E-state index >= 15 is 0 Å². The van der Waals surface area contributed by atoms with Crippen molar-refractivity contribution in [3.63, 3.8) is 0 Å². The first kappa shape index (κ1) is 28.5. The molecular formula is C25H31F6N5O. The van der Waals surface area contributed by atoms with Crippen LogP contribution in [0.2, 0.25) is 0 Å². The van der Waals surface area contributed by atoms with Gasteiger partial charge in [0.2, 0.25) is 11.9 Å². The molecule has 3 rings (SSSR count). The number of hydrogen-bond donors (Lipinski definition) is 2. The zero-order valence-electron chi connectivity index (χ0n) is 21.3. The van der Waals surface area contributed by atoms with Crippen LogP contribution in [-0.2, 0) is 22.6 Å². The third-order valence-electron chi connectivity index (χ3n) is 6.64. The van der Waals surface area contributed by atoms with E-state index in [1.54, 1.807) is 6.20 Å². The summed E-state index contributed by atoms with van der Waals surface area (Å²) in [7, 11) is 3.77. The number of halogens is 6. The second kappa shape index (κ2) is 10.4. The molecule has 1 aromatic heterocycles. The zero-order valence-corrected chi connectivity index (χ0v) is 21.3. The summed E-state index contributed by atoms with van der Waals surface area (Å²) in [5.41, 5.74) is -3.92. The predicted molar refractivity (Wildman–Crippen MR) is 128 cm³/mol. The van der Waals surface area contributed by atoms with Crippen molar-refractivity contribution in [3.05, 3.63) is 46.6 Å². The third kappa shape index (κ3) is 6.84. The quantitative estimate of drug-likeness (QED) is 0.468. The lowest BCUT2D eigenvalue weighted by Crippen LogP contribution is -2.47. The predicted octanol–water partition coefficient (Wildman–Crippen LogP) is 5.71. The van der Waals surface area contributed by atoms with Crippen LogP contribution in [0.15, 0.2) is 24.4 Å². The van der Waals surface area contributed by atoms with Crippen LogP contribution >= 0.6 is 0 Å².